The van der Waals surface area contributed by atoms with Crippen LogP contribution < -0.4 is 11.1 Å². The summed E-state index contributed by atoms with van der Waals surface area (Å²) in [6, 6.07) is 12.3. The number of anilines is 1. The monoisotopic (exact) mass is 322 g/mol. The van der Waals surface area contributed by atoms with Gasteiger partial charge in [0, 0.05) is 10.2 Å². The Kier molecular flexibility index (Phi) is 4.16. The summed E-state index contributed by atoms with van der Waals surface area (Å²) in [4.78, 5) is 11.5. The number of hydrogen-bond donors (Lipinski definition) is 2. The van der Waals surface area contributed by atoms with Crippen molar-refractivity contribution in [3.63, 3.8) is 0 Å². The lowest BCUT2D eigenvalue weighted by atomic mass is 10.1. The normalized spacial score (nSPS) is 11.9. The highest BCUT2D eigenvalue weighted by atomic mass is 79.9. The van der Waals surface area contributed by atoms with E-state index in [0.717, 1.165) is 10.2 Å². The molecule has 5 heteroatoms. The maximum absolute atomic E-state index is 13.2. The lowest BCUT2D eigenvalue weighted by Crippen LogP contribution is -2.27. The summed E-state index contributed by atoms with van der Waals surface area (Å²) >= 11 is 3.33. The van der Waals surface area contributed by atoms with Gasteiger partial charge in [0.2, 0.25) is 5.91 Å². The van der Waals surface area contributed by atoms with E-state index in [1.807, 2.05) is 12.1 Å². The van der Waals surface area contributed by atoms with Gasteiger partial charge >= 0.3 is 0 Å². The summed E-state index contributed by atoms with van der Waals surface area (Å²) in [5, 5.41) is 2.99. The van der Waals surface area contributed by atoms with Crippen LogP contribution in [-0.2, 0) is 4.79 Å². The van der Waals surface area contributed by atoms with E-state index in [-0.39, 0.29) is 0 Å². The van der Waals surface area contributed by atoms with E-state index >= 15 is 0 Å². The fourth-order valence-electron chi connectivity index (χ4n) is 1.72. The fraction of sp³-hybridized carbons (Fsp3) is 0.0714. The highest BCUT2D eigenvalue weighted by Gasteiger charge is 2.17. The Hall–Kier alpha value is -1.88. The SMILES string of the molecule is NC(=O)C(Nc1ccc(Br)cc1)c1cccc(F)c1. The van der Waals surface area contributed by atoms with Crippen LogP contribution in [0.3, 0.4) is 0 Å². The first kappa shape index (κ1) is 13.5. The van der Waals surface area contributed by atoms with Crippen LogP contribution in [0.15, 0.2) is 53.0 Å². The molecule has 98 valence electrons. The lowest BCUT2D eigenvalue weighted by Gasteiger charge is -2.17. The summed E-state index contributed by atoms with van der Waals surface area (Å²) in [5.74, 6) is -0.963. The van der Waals surface area contributed by atoms with Crippen molar-refractivity contribution in [1.29, 1.82) is 0 Å². The number of nitrogens with two attached hydrogens (primary N) is 1. The summed E-state index contributed by atoms with van der Waals surface area (Å²) in [6.07, 6.45) is 0. The number of carbonyl (C=O) groups excluding carboxylic acids is 1. The number of hydrogen-bond acceptors (Lipinski definition) is 2. The van der Waals surface area contributed by atoms with Crippen LogP contribution in [0.2, 0.25) is 0 Å². The molecule has 0 heterocycles. The molecule has 2 rings (SSSR count). The highest BCUT2D eigenvalue weighted by Crippen LogP contribution is 2.21. The summed E-state index contributed by atoms with van der Waals surface area (Å²) < 4.78 is 14.1. The average Bonchev–Trinajstić information content (AvgIpc) is 2.37. The highest BCUT2D eigenvalue weighted by molar-refractivity contribution is 9.10. The molecule has 1 atom stereocenters. The largest absolute Gasteiger partial charge is 0.370 e. The Bertz CT molecular complexity index is 586. The zero-order valence-electron chi connectivity index (χ0n) is 9.94. The molecule has 1 amide bonds. The second kappa shape index (κ2) is 5.84. The van der Waals surface area contributed by atoms with Crippen LogP contribution in [0.25, 0.3) is 0 Å². The minimum absolute atomic E-state index is 0.402. The molecule has 0 radical (unpaired) electrons. The van der Waals surface area contributed by atoms with Crippen molar-refractivity contribution in [2.45, 2.75) is 6.04 Å². The van der Waals surface area contributed by atoms with Crippen LogP contribution in [0, 0.1) is 5.82 Å². The molecule has 2 aromatic rings. The second-order valence-electron chi connectivity index (χ2n) is 4.04. The van der Waals surface area contributed by atoms with E-state index in [2.05, 4.69) is 21.2 Å². The molecular formula is C14H12BrFN2O. The molecule has 0 saturated carbocycles. The quantitative estimate of drug-likeness (QED) is 0.908. The minimum Gasteiger partial charge on any atom is -0.370 e. The van der Waals surface area contributed by atoms with Gasteiger partial charge in [-0.05, 0) is 42.0 Å². The third kappa shape index (κ3) is 3.54. The minimum atomic E-state index is -0.767. The Labute approximate surface area is 118 Å². The Morgan fingerprint density at radius 1 is 1.21 bits per heavy atom. The second-order valence-corrected chi connectivity index (χ2v) is 4.96. The van der Waals surface area contributed by atoms with E-state index in [1.165, 1.54) is 12.1 Å². The summed E-state index contributed by atoms with van der Waals surface area (Å²) in [7, 11) is 0. The van der Waals surface area contributed by atoms with Crippen molar-refractivity contribution >= 4 is 27.5 Å². The van der Waals surface area contributed by atoms with Crippen LogP contribution in [0.4, 0.5) is 10.1 Å². The summed E-state index contributed by atoms with van der Waals surface area (Å²) in [5.41, 5.74) is 6.59. The Balaban J connectivity index is 2.26. The van der Waals surface area contributed by atoms with E-state index < -0.39 is 17.8 Å². The number of rotatable bonds is 4. The number of benzene rings is 2. The number of halogens is 2. The zero-order valence-corrected chi connectivity index (χ0v) is 11.5. The molecule has 2 aromatic carbocycles. The molecule has 0 saturated heterocycles. The van der Waals surface area contributed by atoms with Crippen molar-refractivity contribution in [2.75, 3.05) is 5.32 Å². The van der Waals surface area contributed by atoms with Crippen LogP contribution in [0.1, 0.15) is 11.6 Å². The van der Waals surface area contributed by atoms with Crippen molar-refractivity contribution in [2.24, 2.45) is 5.73 Å². The van der Waals surface area contributed by atoms with E-state index in [0.29, 0.717) is 5.56 Å². The van der Waals surface area contributed by atoms with Gasteiger partial charge in [-0.1, -0.05) is 28.1 Å². The summed E-state index contributed by atoms with van der Waals surface area (Å²) in [6.45, 7) is 0. The van der Waals surface area contributed by atoms with Crippen LogP contribution >= 0.6 is 15.9 Å². The van der Waals surface area contributed by atoms with E-state index in [1.54, 1.807) is 24.3 Å². The first-order chi connectivity index (χ1) is 9.06. The predicted molar refractivity (Wildman–Crippen MR) is 76.1 cm³/mol. The van der Waals surface area contributed by atoms with Gasteiger partial charge in [-0.2, -0.15) is 0 Å². The maximum atomic E-state index is 13.2. The first-order valence-corrected chi connectivity index (χ1v) is 6.42. The molecule has 3 nitrogen and oxygen atoms in total. The van der Waals surface area contributed by atoms with Gasteiger partial charge in [-0.25, -0.2) is 4.39 Å². The van der Waals surface area contributed by atoms with Gasteiger partial charge in [0.25, 0.3) is 0 Å². The Morgan fingerprint density at radius 3 is 2.47 bits per heavy atom. The lowest BCUT2D eigenvalue weighted by molar-refractivity contribution is -0.118. The molecule has 0 aromatic heterocycles. The van der Waals surface area contributed by atoms with Crippen LogP contribution in [-0.4, -0.2) is 5.91 Å². The predicted octanol–water partition coefficient (Wildman–Crippen LogP) is 3.23. The average molecular weight is 323 g/mol. The van der Waals surface area contributed by atoms with Gasteiger partial charge < -0.3 is 11.1 Å². The molecule has 0 spiro atoms. The molecule has 19 heavy (non-hydrogen) atoms. The van der Waals surface area contributed by atoms with Crippen molar-refractivity contribution in [3.05, 3.63) is 64.4 Å². The van der Waals surface area contributed by atoms with Gasteiger partial charge in [0.15, 0.2) is 0 Å². The molecular weight excluding hydrogens is 311 g/mol. The Morgan fingerprint density at radius 2 is 1.89 bits per heavy atom. The smallest absolute Gasteiger partial charge is 0.244 e. The molecule has 1 unspecified atom stereocenters. The topological polar surface area (TPSA) is 55.1 Å². The van der Waals surface area contributed by atoms with Crippen LogP contribution in [0.5, 0.6) is 0 Å². The zero-order chi connectivity index (χ0) is 13.8. The molecule has 0 aliphatic rings. The molecule has 3 N–H and O–H groups in total. The standard InChI is InChI=1S/C14H12BrFN2O/c15-10-4-6-12(7-5-10)18-13(14(17)19)9-2-1-3-11(16)8-9/h1-8,13,18H,(H2,17,19). The molecule has 0 aliphatic heterocycles. The third-order valence-electron chi connectivity index (χ3n) is 2.62. The molecule has 0 fully saturated rings. The third-order valence-corrected chi connectivity index (χ3v) is 3.15. The maximum Gasteiger partial charge on any atom is 0.244 e. The van der Waals surface area contributed by atoms with Gasteiger partial charge in [0.05, 0.1) is 0 Å². The van der Waals surface area contributed by atoms with Crippen molar-refractivity contribution in [3.8, 4) is 0 Å². The van der Waals surface area contributed by atoms with Gasteiger partial charge in [-0.15, -0.1) is 0 Å². The number of amides is 1. The number of primary amides is 1. The first-order valence-electron chi connectivity index (χ1n) is 5.63. The van der Waals surface area contributed by atoms with Gasteiger partial charge in [-0.3, -0.25) is 4.79 Å². The molecule has 0 aliphatic carbocycles. The van der Waals surface area contributed by atoms with E-state index in [4.69, 9.17) is 5.73 Å². The van der Waals surface area contributed by atoms with Crippen molar-refractivity contribution in [1.82, 2.24) is 0 Å². The van der Waals surface area contributed by atoms with Gasteiger partial charge in [0.1, 0.15) is 11.9 Å². The number of nitrogens with one attached hydrogen (secondary N) is 1. The molecule has 0 bridgehead atoms. The number of carbonyl (C=O) groups is 1. The van der Waals surface area contributed by atoms with Crippen molar-refractivity contribution < 1.29 is 9.18 Å². The van der Waals surface area contributed by atoms with E-state index in [9.17, 15) is 9.18 Å². The fourth-order valence-corrected chi connectivity index (χ4v) is 1.98.